The fourth-order valence-corrected chi connectivity index (χ4v) is 6.14. The van der Waals surface area contributed by atoms with Crippen LogP contribution in [0.2, 0.25) is 0 Å². The van der Waals surface area contributed by atoms with Gasteiger partial charge in [0, 0.05) is 38.3 Å². The van der Waals surface area contributed by atoms with E-state index in [0.717, 1.165) is 58.2 Å². The number of amides is 2. The summed E-state index contributed by atoms with van der Waals surface area (Å²) >= 11 is 0. The molecule has 1 unspecified atom stereocenters. The summed E-state index contributed by atoms with van der Waals surface area (Å²) in [6.07, 6.45) is 11.7. The highest BCUT2D eigenvalue weighted by Gasteiger charge is 2.62. The molecule has 6 nitrogen and oxygen atoms in total. The maximum atomic E-state index is 13.1. The molecule has 3 aliphatic heterocycles. The molecule has 6 heteroatoms. The zero-order chi connectivity index (χ0) is 19.8. The summed E-state index contributed by atoms with van der Waals surface area (Å²) in [5.74, 6) is 1.36. The summed E-state index contributed by atoms with van der Waals surface area (Å²) in [6, 6.07) is 0.278. The molecule has 162 valence electrons. The number of β-lactam (4-membered cyclic amide) rings is 1. The highest BCUT2D eigenvalue weighted by Crippen LogP contribution is 2.48. The van der Waals surface area contributed by atoms with Gasteiger partial charge >= 0.3 is 0 Å². The molecule has 2 amide bonds. The predicted octanol–water partition coefficient (Wildman–Crippen LogP) is 2.74. The summed E-state index contributed by atoms with van der Waals surface area (Å²) in [5, 5.41) is 0. The van der Waals surface area contributed by atoms with E-state index in [0.29, 0.717) is 25.0 Å². The van der Waals surface area contributed by atoms with Crippen molar-refractivity contribution in [3.63, 3.8) is 0 Å². The van der Waals surface area contributed by atoms with E-state index < -0.39 is 0 Å². The number of rotatable bonds is 5. The Morgan fingerprint density at radius 3 is 2.34 bits per heavy atom. The highest BCUT2D eigenvalue weighted by atomic mass is 16.5. The van der Waals surface area contributed by atoms with Gasteiger partial charge in [-0.05, 0) is 57.3 Å². The van der Waals surface area contributed by atoms with Crippen LogP contribution in [-0.2, 0) is 19.1 Å². The number of hydrogen-bond donors (Lipinski definition) is 0. The lowest BCUT2D eigenvalue weighted by molar-refractivity contribution is -0.211. The van der Waals surface area contributed by atoms with Crippen molar-refractivity contribution in [3.8, 4) is 0 Å². The van der Waals surface area contributed by atoms with E-state index in [9.17, 15) is 9.59 Å². The van der Waals surface area contributed by atoms with E-state index in [1.54, 1.807) is 0 Å². The average Bonchev–Trinajstić information content (AvgIpc) is 3.60. The molecule has 0 radical (unpaired) electrons. The monoisotopic (exact) mass is 404 g/mol. The average molecular weight is 405 g/mol. The first kappa shape index (κ1) is 19.8. The number of piperidine rings is 1. The van der Waals surface area contributed by atoms with Crippen LogP contribution in [0.1, 0.15) is 70.6 Å². The summed E-state index contributed by atoms with van der Waals surface area (Å²) in [4.78, 5) is 30.3. The molecule has 29 heavy (non-hydrogen) atoms. The zero-order valence-electron chi connectivity index (χ0n) is 17.7. The Labute approximate surface area is 174 Å². The minimum atomic E-state index is -0.203. The number of nitrogens with zero attached hydrogens (tertiary/aromatic N) is 2. The van der Waals surface area contributed by atoms with Crippen molar-refractivity contribution in [2.45, 2.75) is 88.3 Å². The smallest absolute Gasteiger partial charge is 0.254 e. The Morgan fingerprint density at radius 1 is 1.00 bits per heavy atom. The van der Waals surface area contributed by atoms with E-state index >= 15 is 0 Å². The summed E-state index contributed by atoms with van der Waals surface area (Å²) < 4.78 is 11.6. The normalized spacial score (nSPS) is 31.2. The molecule has 5 fully saturated rings. The predicted molar refractivity (Wildman–Crippen MR) is 108 cm³/mol. The fraction of sp³-hybridized carbons (Fsp3) is 0.913. The van der Waals surface area contributed by atoms with Gasteiger partial charge in [0.2, 0.25) is 5.91 Å². The second-order valence-corrected chi connectivity index (χ2v) is 9.97. The van der Waals surface area contributed by atoms with E-state index in [2.05, 4.69) is 4.90 Å². The third-order valence-electron chi connectivity index (χ3n) is 8.06. The van der Waals surface area contributed by atoms with E-state index in [-0.39, 0.29) is 29.5 Å². The Bertz CT molecular complexity index is 614. The zero-order valence-corrected chi connectivity index (χ0v) is 17.7. The third kappa shape index (κ3) is 3.71. The van der Waals surface area contributed by atoms with Gasteiger partial charge in [0.1, 0.15) is 0 Å². The van der Waals surface area contributed by atoms with Gasteiger partial charge in [0.25, 0.3) is 5.91 Å². The van der Waals surface area contributed by atoms with Crippen LogP contribution in [-0.4, -0.2) is 72.2 Å². The quantitative estimate of drug-likeness (QED) is 0.661. The molecule has 0 aromatic carbocycles. The van der Waals surface area contributed by atoms with Gasteiger partial charge in [-0.15, -0.1) is 0 Å². The fourth-order valence-electron chi connectivity index (χ4n) is 6.14. The number of ether oxygens (including phenoxy) is 2. The van der Waals surface area contributed by atoms with Crippen molar-refractivity contribution in [1.29, 1.82) is 0 Å². The lowest BCUT2D eigenvalue weighted by Gasteiger charge is -2.62. The first-order chi connectivity index (χ1) is 14.2. The van der Waals surface area contributed by atoms with Gasteiger partial charge in [-0.2, -0.15) is 0 Å². The first-order valence-electron chi connectivity index (χ1n) is 12.0. The standard InChI is InChI=1S/C23H36N2O4/c26-21(18-8-14-28-15-9-18)24-12-6-19(7-13-24)25-22(27)20(29-16-17-4-5-17)23(25)10-2-1-3-11-23/h17-20H,1-16H2. The van der Waals surface area contributed by atoms with Crippen LogP contribution in [0.5, 0.6) is 0 Å². The molecule has 5 rings (SSSR count). The van der Waals surface area contributed by atoms with Crippen molar-refractivity contribution in [3.05, 3.63) is 0 Å². The van der Waals surface area contributed by atoms with Gasteiger partial charge in [0.05, 0.1) is 12.1 Å². The Kier molecular flexibility index (Phi) is 5.59. The van der Waals surface area contributed by atoms with Crippen LogP contribution in [0.4, 0.5) is 0 Å². The molecular weight excluding hydrogens is 368 g/mol. The van der Waals surface area contributed by atoms with E-state index in [4.69, 9.17) is 9.47 Å². The van der Waals surface area contributed by atoms with E-state index in [1.807, 2.05) is 4.90 Å². The minimum Gasteiger partial charge on any atom is -0.381 e. The molecule has 0 bridgehead atoms. The SMILES string of the molecule is O=C(C1CCOCC1)N1CCC(N2C(=O)C(OCC3CC3)C23CCCCC3)CC1. The number of carbonyl (C=O) groups is 2. The van der Waals surface area contributed by atoms with Gasteiger partial charge < -0.3 is 19.3 Å². The molecule has 3 saturated heterocycles. The molecule has 2 aliphatic carbocycles. The maximum Gasteiger partial charge on any atom is 0.254 e. The molecule has 0 aromatic rings. The van der Waals surface area contributed by atoms with Crippen LogP contribution in [0.25, 0.3) is 0 Å². The van der Waals surface area contributed by atoms with Crippen LogP contribution in [0.3, 0.4) is 0 Å². The summed E-state index contributed by atoms with van der Waals surface area (Å²) in [7, 11) is 0. The Balaban J connectivity index is 1.21. The van der Waals surface area contributed by atoms with Crippen molar-refractivity contribution in [2.75, 3.05) is 32.9 Å². The third-order valence-corrected chi connectivity index (χ3v) is 8.06. The first-order valence-corrected chi connectivity index (χ1v) is 12.0. The number of hydrogen-bond acceptors (Lipinski definition) is 4. The van der Waals surface area contributed by atoms with E-state index in [1.165, 1.54) is 32.1 Å². The van der Waals surface area contributed by atoms with Crippen molar-refractivity contribution in [1.82, 2.24) is 9.80 Å². The van der Waals surface area contributed by atoms with Crippen molar-refractivity contribution >= 4 is 11.8 Å². The van der Waals surface area contributed by atoms with Gasteiger partial charge in [0.15, 0.2) is 6.10 Å². The molecular formula is C23H36N2O4. The number of likely N-dealkylation sites (tertiary alicyclic amines) is 2. The molecule has 5 aliphatic rings. The lowest BCUT2D eigenvalue weighted by Crippen LogP contribution is -2.78. The van der Waals surface area contributed by atoms with Crippen LogP contribution in [0.15, 0.2) is 0 Å². The second-order valence-electron chi connectivity index (χ2n) is 9.97. The largest absolute Gasteiger partial charge is 0.381 e. The lowest BCUT2D eigenvalue weighted by atomic mass is 9.68. The van der Waals surface area contributed by atoms with Crippen molar-refractivity contribution < 1.29 is 19.1 Å². The molecule has 1 atom stereocenters. The van der Waals surface area contributed by atoms with Gasteiger partial charge in [-0.25, -0.2) is 0 Å². The van der Waals surface area contributed by atoms with Crippen LogP contribution in [0, 0.1) is 11.8 Å². The number of carbonyl (C=O) groups excluding carboxylic acids is 2. The molecule has 2 saturated carbocycles. The Hall–Kier alpha value is -1.14. The van der Waals surface area contributed by atoms with Gasteiger partial charge in [-0.1, -0.05) is 19.3 Å². The molecule has 0 N–H and O–H groups in total. The van der Waals surface area contributed by atoms with Crippen LogP contribution < -0.4 is 0 Å². The molecule has 1 spiro atoms. The Morgan fingerprint density at radius 2 is 1.69 bits per heavy atom. The highest BCUT2D eigenvalue weighted by molar-refractivity contribution is 5.91. The minimum absolute atomic E-state index is 0.0538. The van der Waals surface area contributed by atoms with Gasteiger partial charge in [-0.3, -0.25) is 9.59 Å². The van der Waals surface area contributed by atoms with Crippen LogP contribution >= 0.6 is 0 Å². The maximum absolute atomic E-state index is 13.1. The second kappa shape index (κ2) is 8.18. The topological polar surface area (TPSA) is 59.1 Å². The molecule has 3 heterocycles. The summed E-state index contributed by atoms with van der Waals surface area (Å²) in [5.41, 5.74) is -0.0538. The molecule has 0 aromatic heterocycles. The van der Waals surface area contributed by atoms with Crippen molar-refractivity contribution in [2.24, 2.45) is 11.8 Å². The summed E-state index contributed by atoms with van der Waals surface area (Å²) in [6.45, 7) is 3.76.